The van der Waals surface area contributed by atoms with Gasteiger partial charge in [0.15, 0.2) is 0 Å². The lowest BCUT2D eigenvalue weighted by Crippen LogP contribution is -2.29. The van der Waals surface area contributed by atoms with Gasteiger partial charge in [-0.25, -0.2) is 0 Å². The van der Waals surface area contributed by atoms with Gasteiger partial charge in [0.05, 0.1) is 11.4 Å². The third-order valence-electron chi connectivity index (χ3n) is 2.57. The van der Waals surface area contributed by atoms with Crippen LogP contribution in [0.15, 0.2) is 18.2 Å². The highest BCUT2D eigenvalue weighted by Crippen LogP contribution is 2.24. The second-order valence-electron chi connectivity index (χ2n) is 3.53. The quantitative estimate of drug-likeness (QED) is 0.662. The summed E-state index contributed by atoms with van der Waals surface area (Å²) in [6.45, 7) is 2.28. The van der Waals surface area contributed by atoms with Gasteiger partial charge in [0.25, 0.3) is 0 Å². The monoisotopic (exact) mass is 175 g/mol. The second-order valence-corrected chi connectivity index (χ2v) is 3.53. The van der Waals surface area contributed by atoms with E-state index in [0.717, 1.165) is 24.5 Å². The number of hydrogen-bond donors (Lipinski definition) is 1. The summed E-state index contributed by atoms with van der Waals surface area (Å²) in [6.07, 6.45) is 3.93. The van der Waals surface area contributed by atoms with E-state index in [1.165, 1.54) is 19.3 Å². The minimum Gasteiger partial charge on any atom is -0.397 e. The number of anilines is 2. The van der Waals surface area contributed by atoms with Gasteiger partial charge in [-0.05, 0) is 37.5 Å². The number of nitrogen functional groups attached to an aromatic ring is 1. The zero-order valence-electron chi connectivity index (χ0n) is 7.79. The largest absolute Gasteiger partial charge is 0.397 e. The van der Waals surface area contributed by atoms with E-state index in [1.807, 2.05) is 18.2 Å². The van der Waals surface area contributed by atoms with Crippen LogP contribution in [0, 0.1) is 6.07 Å². The van der Waals surface area contributed by atoms with Crippen molar-refractivity contribution < 1.29 is 0 Å². The highest BCUT2D eigenvalue weighted by molar-refractivity contribution is 5.67. The molecule has 1 fully saturated rings. The van der Waals surface area contributed by atoms with Crippen LogP contribution in [0.2, 0.25) is 0 Å². The van der Waals surface area contributed by atoms with E-state index in [1.54, 1.807) is 0 Å². The molecule has 1 radical (unpaired) electrons. The number of rotatable bonds is 1. The maximum Gasteiger partial charge on any atom is 0.0606 e. The predicted molar refractivity (Wildman–Crippen MR) is 55.8 cm³/mol. The van der Waals surface area contributed by atoms with Crippen LogP contribution in [-0.4, -0.2) is 13.1 Å². The van der Waals surface area contributed by atoms with E-state index in [9.17, 15) is 0 Å². The van der Waals surface area contributed by atoms with Gasteiger partial charge in [-0.3, -0.25) is 0 Å². The number of hydrogen-bond acceptors (Lipinski definition) is 2. The molecule has 1 heterocycles. The molecule has 2 nitrogen and oxygen atoms in total. The normalized spacial score (nSPS) is 17.4. The maximum absolute atomic E-state index is 5.89. The molecule has 0 amide bonds. The smallest absolute Gasteiger partial charge is 0.0606 e. The lowest BCUT2D eigenvalue weighted by Gasteiger charge is -2.29. The number of piperidine rings is 1. The van der Waals surface area contributed by atoms with Crippen LogP contribution >= 0.6 is 0 Å². The fourth-order valence-electron chi connectivity index (χ4n) is 1.84. The molecule has 2 rings (SSSR count). The zero-order chi connectivity index (χ0) is 9.10. The van der Waals surface area contributed by atoms with Crippen molar-refractivity contribution in [2.45, 2.75) is 19.3 Å². The van der Waals surface area contributed by atoms with Crippen LogP contribution in [0.4, 0.5) is 11.4 Å². The average molecular weight is 175 g/mol. The maximum atomic E-state index is 5.89. The molecule has 1 aromatic carbocycles. The van der Waals surface area contributed by atoms with E-state index in [0.29, 0.717) is 0 Å². The summed E-state index contributed by atoms with van der Waals surface area (Å²) in [5.41, 5.74) is 7.92. The molecule has 0 aliphatic carbocycles. The summed E-state index contributed by atoms with van der Waals surface area (Å²) in [7, 11) is 0. The average Bonchev–Trinajstić information content (AvgIpc) is 2.20. The Morgan fingerprint density at radius 2 is 2.00 bits per heavy atom. The fraction of sp³-hybridized carbons (Fsp3) is 0.455. The van der Waals surface area contributed by atoms with Gasteiger partial charge in [0.1, 0.15) is 0 Å². The molecular formula is C11H15N2. The molecular weight excluding hydrogens is 160 g/mol. The van der Waals surface area contributed by atoms with Crippen molar-refractivity contribution in [2.24, 2.45) is 0 Å². The second kappa shape index (κ2) is 3.69. The Balaban J connectivity index is 2.18. The van der Waals surface area contributed by atoms with E-state index < -0.39 is 0 Å². The third-order valence-corrected chi connectivity index (χ3v) is 2.57. The summed E-state index contributed by atoms with van der Waals surface area (Å²) in [4.78, 5) is 2.36. The first-order valence-electron chi connectivity index (χ1n) is 4.88. The lowest BCUT2D eigenvalue weighted by molar-refractivity contribution is 0.578. The lowest BCUT2D eigenvalue weighted by atomic mass is 10.1. The fourth-order valence-corrected chi connectivity index (χ4v) is 1.84. The molecule has 69 valence electrons. The van der Waals surface area contributed by atoms with Gasteiger partial charge in [-0.2, -0.15) is 0 Å². The Hall–Kier alpha value is -1.18. The summed E-state index contributed by atoms with van der Waals surface area (Å²) in [5.74, 6) is 0. The molecule has 0 bridgehead atoms. The molecule has 2 heteroatoms. The Kier molecular flexibility index (Phi) is 2.39. The predicted octanol–water partition coefficient (Wildman–Crippen LogP) is 2.06. The molecule has 0 unspecified atom stereocenters. The molecule has 0 spiro atoms. The van der Waals surface area contributed by atoms with E-state index in [2.05, 4.69) is 11.0 Å². The highest BCUT2D eigenvalue weighted by atomic mass is 15.1. The van der Waals surface area contributed by atoms with Crippen LogP contribution in [0.5, 0.6) is 0 Å². The Morgan fingerprint density at radius 1 is 1.23 bits per heavy atom. The van der Waals surface area contributed by atoms with E-state index in [4.69, 9.17) is 5.73 Å². The molecule has 2 N–H and O–H groups in total. The molecule has 13 heavy (non-hydrogen) atoms. The number of nitrogens with zero attached hydrogens (tertiary/aromatic N) is 1. The molecule has 1 saturated heterocycles. The summed E-state index contributed by atoms with van der Waals surface area (Å²) in [6, 6.07) is 8.85. The standard InChI is InChI=1S/C11H15N2/c12-10-6-2-3-7-11(10)13-8-4-1-5-9-13/h2,6-7H,1,4-5,8-9,12H2. The first-order chi connectivity index (χ1) is 6.38. The SMILES string of the molecule is Nc1cc[c]cc1N1CCCCC1. The topological polar surface area (TPSA) is 29.3 Å². The van der Waals surface area contributed by atoms with Crippen LogP contribution in [0.3, 0.4) is 0 Å². The third kappa shape index (κ3) is 1.77. The first kappa shape index (κ1) is 8.42. The Bertz CT molecular complexity index is 277. The van der Waals surface area contributed by atoms with E-state index >= 15 is 0 Å². The first-order valence-corrected chi connectivity index (χ1v) is 4.88. The van der Waals surface area contributed by atoms with Crippen molar-refractivity contribution >= 4 is 11.4 Å². The molecule has 0 aromatic heterocycles. The van der Waals surface area contributed by atoms with Gasteiger partial charge in [0.2, 0.25) is 0 Å². The van der Waals surface area contributed by atoms with Crippen molar-refractivity contribution in [3.8, 4) is 0 Å². The van der Waals surface area contributed by atoms with Crippen molar-refractivity contribution in [1.82, 2.24) is 0 Å². The van der Waals surface area contributed by atoms with Crippen molar-refractivity contribution in [3.05, 3.63) is 24.3 Å². The van der Waals surface area contributed by atoms with Crippen LogP contribution < -0.4 is 10.6 Å². The van der Waals surface area contributed by atoms with Crippen molar-refractivity contribution in [1.29, 1.82) is 0 Å². The van der Waals surface area contributed by atoms with Crippen molar-refractivity contribution in [2.75, 3.05) is 23.7 Å². The Labute approximate surface area is 79.4 Å². The molecule has 1 aliphatic heterocycles. The van der Waals surface area contributed by atoms with Gasteiger partial charge < -0.3 is 10.6 Å². The van der Waals surface area contributed by atoms with Crippen LogP contribution in [0.25, 0.3) is 0 Å². The number of nitrogens with two attached hydrogens (primary N) is 1. The molecule has 0 saturated carbocycles. The highest BCUT2D eigenvalue weighted by Gasteiger charge is 2.12. The summed E-state index contributed by atoms with van der Waals surface area (Å²) >= 11 is 0. The van der Waals surface area contributed by atoms with Gasteiger partial charge >= 0.3 is 0 Å². The molecule has 0 atom stereocenters. The van der Waals surface area contributed by atoms with Gasteiger partial charge in [-0.15, -0.1) is 0 Å². The summed E-state index contributed by atoms with van der Waals surface area (Å²) in [5, 5.41) is 0. The minimum absolute atomic E-state index is 0.876. The summed E-state index contributed by atoms with van der Waals surface area (Å²) < 4.78 is 0. The van der Waals surface area contributed by atoms with Gasteiger partial charge in [0, 0.05) is 13.1 Å². The van der Waals surface area contributed by atoms with Crippen LogP contribution in [-0.2, 0) is 0 Å². The molecule has 1 aliphatic rings. The van der Waals surface area contributed by atoms with Crippen molar-refractivity contribution in [3.63, 3.8) is 0 Å². The van der Waals surface area contributed by atoms with E-state index in [-0.39, 0.29) is 0 Å². The minimum atomic E-state index is 0.876. The Morgan fingerprint density at radius 3 is 2.69 bits per heavy atom. The van der Waals surface area contributed by atoms with Crippen LogP contribution in [0.1, 0.15) is 19.3 Å². The zero-order valence-corrected chi connectivity index (χ0v) is 7.79. The number of benzene rings is 1. The molecule has 1 aromatic rings. The van der Waals surface area contributed by atoms with Gasteiger partial charge in [-0.1, -0.05) is 6.07 Å².